The molecule has 102 valence electrons. The normalized spacial score (nSPS) is 11.1. The minimum absolute atomic E-state index is 0.751. The lowest BCUT2D eigenvalue weighted by atomic mass is 10.1. The van der Waals surface area contributed by atoms with E-state index in [2.05, 4.69) is 34.5 Å². The van der Waals surface area contributed by atoms with Crippen molar-refractivity contribution in [1.82, 2.24) is 19.7 Å². The minimum atomic E-state index is 0.751. The van der Waals surface area contributed by atoms with Gasteiger partial charge in [0.25, 0.3) is 0 Å². The van der Waals surface area contributed by atoms with Gasteiger partial charge in [0.2, 0.25) is 0 Å². The second-order valence-electron chi connectivity index (χ2n) is 4.76. The highest BCUT2D eigenvalue weighted by Crippen LogP contribution is 2.07. The fraction of sp³-hybridized carbons (Fsp3) is 0.250. The maximum Gasteiger partial charge on any atom is 0.137 e. The first-order chi connectivity index (χ1) is 9.86. The quantitative estimate of drug-likeness (QED) is 0.772. The van der Waals surface area contributed by atoms with Crippen molar-refractivity contribution < 1.29 is 0 Å². The Morgan fingerprint density at radius 3 is 2.95 bits per heavy atom. The molecule has 0 spiro atoms. The topological polar surface area (TPSA) is 42.2 Å². The summed E-state index contributed by atoms with van der Waals surface area (Å²) in [5, 5.41) is 3.42. The van der Waals surface area contributed by atoms with Gasteiger partial charge >= 0.3 is 0 Å². The number of nitrogens with one attached hydrogen (secondary N) is 1. The van der Waals surface area contributed by atoms with Crippen LogP contribution >= 0.6 is 0 Å². The van der Waals surface area contributed by atoms with E-state index < -0.39 is 0 Å². The van der Waals surface area contributed by atoms with Crippen LogP contribution in [0.4, 0.5) is 0 Å². The van der Waals surface area contributed by atoms with Gasteiger partial charge in [0, 0.05) is 31.7 Å². The van der Waals surface area contributed by atoms with Crippen LogP contribution in [0.1, 0.15) is 23.9 Å². The van der Waals surface area contributed by atoms with E-state index >= 15 is 0 Å². The third-order valence-corrected chi connectivity index (χ3v) is 3.38. The van der Waals surface area contributed by atoms with E-state index in [4.69, 9.17) is 0 Å². The second kappa shape index (κ2) is 5.84. The summed E-state index contributed by atoms with van der Waals surface area (Å²) in [5.41, 5.74) is 4.45. The average molecular weight is 266 g/mol. The molecule has 1 N–H and O–H groups in total. The van der Waals surface area contributed by atoms with E-state index in [-0.39, 0.29) is 0 Å². The number of nitrogens with zero attached hydrogens (tertiary/aromatic N) is 3. The monoisotopic (exact) mass is 266 g/mol. The van der Waals surface area contributed by atoms with Gasteiger partial charge in [0.1, 0.15) is 5.65 Å². The largest absolute Gasteiger partial charge is 0.307 e. The van der Waals surface area contributed by atoms with E-state index in [1.165, 1.54) is 5.56 Å². The fourth-order valence-corrected chi connectivity index (χ4v) is 2.33. The highest BCUT2D eigenvalue weighted by molar-refractivity contribution is 5.39. The second-order valence-corrected chi connectivity index (χ2v) is 4.76. The minimum Gasteiger partial charge on any atom is -0.307 e. The Labute approximate surface area is 118 Å². The van der Waals surface area contributed by atoms with Crippen LogP contribution in [0.3, 0.4) is 0 Å². The summed E-state index contributed by atoms with van der Waals surface area (Å²) in [5.74, 6) is 0. The zero-order valence-electron chi connectivity index (χ0n) is 11.6. The number of hydrogen-bond donors (Lipinski definition) is 1. The van der Waals surface area contributed by atoms with Crippen LogP contribution in [0.2, 0.25) is 0 Å². The van der Waals surface area contributed by atoms with Crippen molar-refractivity contribution in [2.75, 3.05) is 0 Å². The third-order valence-electron chi connectivity index (χ3n) is 3.38. The molecule has 3 aromatic heterocycles. The predicted octanol–water partition coefficient (Wildman–Crippen LogP) is 2.58. The van der Waals surface area contributed by atoms with Crippen LogP contribution in [0.25, 0.3) is 5.65 Å². The van der Waals surface area contributed by atoms with Gasteiger partial charge in [-0.15, -0.1) is 0 Å². The number of pyridine rings is 2. The number of fused-ring (bicyclic) bond motifs is 1. The third kappa shape index (κ3) is 2.70. The maximum atomic E-state index is 4.57. The molecule has 0 aromatic carbocycles. The summed E-state index contributed by atoms with van der Waals surface area (Å²) in [4.78, 5) is 9.00. The first-order valence-electron chi connectivity index (χ1n) is 6.93. The van der Waals surface area contributed by atoms with Gasteiger partial charge in [0.05, 0.1) is 11.4 Å². The molecule has 0 atom stereocenters. The Balaban J connectivity index is 1.65. The molecule has 0 bridgehead atoms. The molecule has 3 rings (SSSR count). The van der Waals surface area contributed by atoms with Gasteiger partial charge in [-0.3, -0.25) is 4.98 Å². The van der Waals surface area contributed by atoms with Crippen LogP contribution in [0.5, 0.6) is 0 Å². The Morgan fingerprint density at radius 2 is 2.10 bits per heavy atom. The summed E-state index contributed by atoms with van der Waals surface area (Å²) in [6.45, 7) is 3.68. The summed E-state index contributed by atoms with van der Waals surface area (Å²) in [6.07, 6.45) is 6.93. The van der Waals surface area contributed by atoms with Gasteiger partial charge < -0.3 is 9.72 Å². The van der Waals surface area contributed by atoms with E-state index in [1.54, 1.807) is 0 Å². The lowest BCUT2D eigenvalue weighted by Gasteiger charge is -2.06. The number of imidazole rings is 1. The van der Waals surface area contributed by atoms with Crippen molar-refractivity contribution in [3.05, 3.63) is 65.9 Å². The molecule has 0 saturated heterocycles. The SMILES string of the molecule is CCc1cccnc1CNCc1cn2ccccc2n1. The van der Waals surface area contributed by atoms with Gasteiger partial charge in [-0.05, 0) is 30.2 Å². The van der Waals surface area contributed by atoms with Crippen molar-refractivity contribution in [2.45, 2.75) is 26.4 Å². The zero-order chi connectivity index (χ0) is 13.8. The zero-order valence-corrected chi connectivity index (χ0v) is 11.6. The average Bonchev–Trinajstić information content (AvgIpc) is 2.90. The van der Waals surface area contributed by atoms with Crippen LogP contribution in [0, 0.1) is 0 Å². The van der Waals surface area contributed by atoms with Gasteiger partial charge in [-0.1, -0.05) is 19.1 Å². The van der Waals surface area contributed by atoms with Crippen LogP contribution in [0.15, 0.2) is 48.9 Å². The molecule has 0 amide bonds. The highest BCUT2D eigenvalue weighted by Gasteiger charge is 2.03. The van der Waals surface area contributed by atoms with Crippen molar-refractivity contribution in [3.63, 3.8) is 0 Å². The molecule has 4 nitrogen and oxygen atoms in total. The Morgan fingerprint density at radius 1 is 1.15 bits per heavy atom. The first kappa shape index (κ1) is 12.8. The van der Waals surface area contributed by atoms with E-state index in [1.807, 2.05) is 41.1 Å². The number of hydrogen-bond acceptors (Lipinski definition) is 3. The molecule has 0 saturated carbocycles. The summed E-state index contributed by atoms with van der Waals surface area (Å²) in [6, 6.07) is 10.1. The summed E-state index contributed by atoms with van der Waals surface area (Å²) < 4.78 is 2.04. The predicted molar refractivity (Wildman–Crippen MR) is 79.4 cm³/mol. The lowest BCUT2D eigenvalue weighted by molar-refractivity contribution is 0.664. The van der Waals surface area contributed by atoms with Crippen LogP contribution in [-0.4, -0.2) is 14.4 Å². The molecule has 0 aliphatic carbocycles. The molecule has 3 aromatic rings. The van der Waals surface area contributed by atoms with Crippen molar-refractivity contribution in [1.29, 1.82) is 0 Å². The molecular weight excluding hydrogens is 248 g/mol. The Bertz CT molecular complexity index is 669. The summed E-state index contributed by atoms with van der Waals surface area (Å²) >= 11 is 0. The molecule has 3 heterocycles. The molecule has 20 heavy (non-hydrogen) atoms. The Hall–Kier alpha value is -2.20. The number of rotatable bonds is 5. The van der Waals surface area contributed by atoms with Crippen molar-refractivity contribution in [3.8, 4) is 0 Å². The Kier molecular flexibility index (Phi) is 3.74. The van der Waals surface area contributed by atoms with Crippen LogP contribution in [-0.2, 0) is 19.5 Å². The molecule has 0 unspecified atom stereocenters. The summed E-state index contributed by atoms with van der Waals surface area (Å²) in [7, 11) is 0. The molecule has 0 aliphatic heterocycles. The van der Waals surface area contributed by atoms with Crippen molar-refractivity contribution >= 4 is 5.65 Å². The van der Waals surface area contributed by atoms with E-state index in [9.17, 15) is 0 Å². The van der Waals surface area contributed by atoms with Crippen LogP contribution < -0.4 is 5.32 Å². The molecule has 0 radical (unpaired) electrons. The number of aromatic nitrogens is 3. The molecule has 0 aliphatic rings. The smallest absolute Gasteiger partial charge is 0.137 e. The molecule has 0 fully saturated rings. The lowest BCUT2D eigenvalue weighted by Crippen LogP contribution is -2.15. The van der Waals surface area contributed by atoms with Gasteiger partial charge in [0.15, 0.2) is 0 Å². The van der Waals surface area contributed by atoms with Gasteiger partial charge in [-0.25, -0.2) is 4.98 Å². The highest BCUT2D eigenvalue weighted by atomic mass is 15.0. The molecule has 4 heteroatoms. The standard InChI is InChI=1S/C16H18N4/c1-2-13-6-5-8-18-15(13)11-17-10-14-12-20-9-4-3-7-16(20)19-14/h3-9,12,17H,2,10-11H2,1H3. The first-order valence-corrected chi connectivity index (χ1v) is 6.93. The number of aryl methyl sites for hydroxylation is 1. The van der Waals surface area contributed by atoms with E-state index in [0.717, 1.165) is 36.5 Å². The fourth-order valence-electron chi connectivity index (χ4n) is 2.33. The van der Waals surface area contributed by atoms with Crippen molar-refractivity contribution in [2.24, 2.45) is 0 Å². The van der Waals surface area contributed by atoms with E-state index in [0.29, 0.717) is 0 Å². The molecular formula is C16H18N4. The maximum absolute atomic E-state index is 4.57. The van der Waals surface area contributed by atoms with Gasteiger partial charge in [-0.2, -0.15) is 0 Å².